The number of fused-ring (bicyclic) bond motifs is 1. The topological polar surface area (TPSA) is 84.9 Å². The van der Waals surface area contributed by atoms with Crippen LogP contribution in [0.3, 0.4) is 0 Å². The Morgan fingerprint density at radius 2 is 1.88 bits per heavy atom. The van der Waals surface area contributed by atoms with Gasteiger partial charge in [0.15, 0.2) is 5.65 Å². The number of hydrogen-bond donors (Lipinski definition) is 2. The van der Waals surface area contributed by atoms with Crippen molar-refractivity contribution >= 4 is 22.8 Å². The Kier molecular flexibility index (Phi) is 4.04. The molecule has 2 aliphatic rings. The van der Waals surface area contributed by atoms with Crippen LogP contribution in [0.25, 0.3) is 11.0 Å². The highest BCUT2D eigenvalue weighted by molar-refractivity contribution is 5.86. The summed E-state index contributed by atoms with van der Waals surface area (Å²) < 4.78 is 1.74. The summed E-state index contributed by atoms with van der Waals surface area (Å²) in [7, 11) is 1.88. The van der Waals surface area contributed by atoms with Crippen LogP contribution < -0.4 is 11.1 Å². The van der Waals surface area contributed by atoms with Crippen molar-refractivity contribution in [3.8, 4) is 0 Å². The van der Waals surface area contributed by atoms with E-state index in [9.17, 15) is 0 Å². The van der Waals surface area contributed by atoms with Gasteiger partial charge in [0.25, 0.3) is 0 Å². The van der Waals surface area contributed by atoms with E-state index >= 15 is 0 Å². The third-order valence-corrected chi connectivity index (χ3v) is 5.76. The van der Waals surface area contributed by atoms with E-state index in [1.807, 2.05) is 7.05 Å². The van der Waals surface area contributed by atoms with E-state index in [0.29, 0.717) is 11.8 Å². The molecule has 24 heavy (non-hydrogen) atoms. The molecule has 3 heterocycles. The number of aromatic nitrogens is 4. The first-order chi connectivity index (χ1) is 11.7. The molecule has 0 amide bonds. The summed E-state index contributed by atoms with van der Waals surface area (Å²) in [6.07, 6.45) is 10.9. The number of likely N-dealkylation sites (tertiary alicyclic amines) is 1. The van der Waals surface area contributed by atoms with Gasteiger partial charge in [-0.25, -0.2) is 0 Å². The fourth-order valence-corrected chi connectivity index (χ4v) is 4.37. The van der Waals surface area contributed by atoms with Crippen molar-refractivity contribution in [2.24, 2.45) is 7.05 Å². The molecule has 4 rings (SSSR count). The number of piperidine rings is 1. The lowest BCUT2D eigenvalue weighted by atomic mass is 9.92. The predicted octanol–water partition coefficient (Wildman–Crippen LogP) is 2.16. The molecule has 1 aliphatic heterocycles. The zero-order valence-electron chi connectivity index (χ0n) is 14.5. The third-order valence-electron chi connectivity index (χ3n) is 5.76. The number of nitrogen functional groups attached to an aromatic ring is 1. The van der Waals surface area contributed by atoms with Crippen LogP contribution in [0.1, 0.15) is 44.9 Å². The van der Waals surface area contributed by atoms with Gasteiger partial charge in [0.1, 0.15) is 5.82 Å². The highest BCUT2D eigenvalue weighted by Gasteiger charge is 2.39. The molecule has 3 N–H and O–H groups in total. The second-order valence-corrected chi connectivity index (χ2v) is 7.27. The van der Waals surface area contributed by atoms with Gasteiger partial charge in [-0.15, -0.1) is 0 Å². The van der Waals surface area contributed by atoms with Crippen molar-refractivity contribution in [2.75, 3.05) is 30.7 Å². The molecule has 0 unspecified atom stereocenters. The fraction of sp³-hybridized carbons (Fsp3) is 0.706. The van der Waals surface area contributed by atoms with Crippen molar-refractivity contribution in [3.63, 3.8) is 0 Å². The zero-order chi connectivity index (χ0) is 16.6. The van der Waals surface area contributed by atoms with E-state index < -0.39 is 0 Å². The van der Waals surface area contributed by atoms with Crippen LogP contribution in [0, 0.1) is 0 Å². The Morgan fingerprint density at radius 1 is 1.12 bits per heavy atom. The molecule has 0 atom stereocenters. The van der Waals surface area contributed by atoms with Crippen LogP contribution in [0.5, 0.6) is 0 Å². The number of nitrogens with one attached hydrogen (secondary N) is 1. The van der Waals surface area contributed by atoms with Gasteiger partial charge >= 0.3 is 0 Å². The average molecular weight is 329 g/mol. The minimum absolute atomic E-state index is 0.264. The van der Waals surface area contributed by atoms with Crippen LogP contribution in [0.15, 0.2) is 6.20 Å². The molecular weight excluding hydrogens is 302 g/mol. The largest absolute Gasteiger partial charge is 0.383 e. The molecule has 2 aromatic rings. The standard InChI is InChI=1S/C17H27N7/c1-23-15-13(11-20-23)14(18)21-16(22-15)19-12-17(7-3-4-8-17)24-9-5-2-6-10-24/h11H,2-10,12H2,1H3,(H3,18,19,21,22). The summed E-state index contributed by atoms with van der Waals surface area (Å²) in [4.78, 5) is 11.8. The van der Waals surface area contributed by atoms with Crippen LogP contribution in [0.2, 0.25) is 0 Å². The molecule has 2 aromatic heterocycles. The molecular formula is C17H27N7. The lowest BCUT2D eigenvalue weighted by Gasteiger charge is -2.43. The van der Waals surface area contributed by atoms with Crippen LogP contribution in [-0.4, -0.2) is 49.8 Å². The Balaban J connectivity index is 1.55. The van der Waals surface area contributed by atoms with E-state index in [2.05, 4.69) is 25.3 Å². The van der Waals surface area contributed by atoms with Crippen molar-refractivity contribution in [1.82, 2.24) is 24.6 Å². The minimum atomic E-state index is 0.264. The van der Waals surface area contributed by atoms with Crippen molar-refractivity contribution in [2.45, 2.75) is 50.5 Å². The van der Waals surface area contributed by atoms with Gasteiger partial charge in [-0.2, -0.15) is 15.1 Å². The maximum absolute atomic E-state index is 6.07. The molecule has 130 valence electrons. The number of anilines is 2. The molecule has 1 saturated carbocycles. The second-order valence-electron chi connectivity index (χ2n) is 7.27. The molecule has 0 radical (unpaired) electrons. The zero-order valence-corrected chi connectivity index (χ0v) is 14.5. The summed E-state index contributed by atoms with van der Waals surface area (Å²) in [6.45, 7) is 3.35. The van der Waals surface area contributed by atoms with Gasteiger partial charge in [0.2, 0.25) is 5.95 Å². The van der Waals surface area contributed by atoms with E-state index in [0.717, 1.165) is 17.6 Å². The third kappa shape index (κ3) is 2.70. The minimum Gasteiger partial charge on any atom is -0.383 e. The lowest BCUT2D eigenvalue weighted by Crippen LogP contribution is -2.53. The van der Waals surface area contributed by atoms with Crippen molar-refractivity contribution < 1.29 is 0 Å². The molecule has 0 bridgehead atoms. The maximum atomic E-state index is 6.07. The second kappa shape index (κ2) is 6.20. The number of hydrogen-bond acceptors (Lipinski definition) is 6. The summed E-state index contributed by atoms with van der Waals surface area (Å²) in [6, 6.07) is 0. The predicted molar refractivity (Wildman–Crippen MR) is 95.8 cm³/mol. The molecule has 7 nitrogen and oxygen atoms in total. The quantitative estimate of drug-likeness (QED) is 0.894. The van der Waals surface area contributed by atoms with Gasteiger partial charge in [-0.1, -0.05) is 19.3 Å². The van der Waals surface area contributed by atoms with Gasteiger partial charge in [-0.3, -0.25) is 9.58 Å². The number of aryl methyl sites for hydroxylation is 1. The van der Waals surface area contributed by atoms with Gasteiger partial charge < -0.3 is 11.1 Å². The van der Waals surface area contributed by atoms with E-state index in [-0.39, 0.29) is 5.54 Å². The monoisotopic (exact) mass is 329 g/mol. The Labute approximate surface area is 142 Å². The normalized spacial score (nSPS) is 21.4. The Hall–Kier alpha value is -1.89. The summed E-state index contributed by atoms with van der Waals surface area (Å²) in [5.74, 6) is 1.11. The van der Waals surface area contributed by atoms with Gasteiger partial charge in [0.05, 0.1) is 11.6 Å². The van der Waals surface area contributed by atoms with E-state index in [1.54, 1.807) is 10.9 Å². The highest BCUT2D eigenvalue weighted by Crippen LogP contribution is 2.37. The first-order valence-corrected chi connectivity index (χ1v) is 9.12. The molecule has 0 aromatic carbocycles. The number of rotatable bonds is 4. The highest BCUT2D eigenvalue weighted by atomic mass is 15.3. The molecule has 7 heteroatoms. The molecule has 2 fully saturated rings. The number of nitrogens with zero attached hydrogens (tertiary/aromatic N) is 5. The summed E-state index contributed by atoms with van der Waals surface area (Å²) >= 11 is 0. The first kappa shape index (κ1) is 15.6. The van der Waals surface area contributed by atoms with Gasteiger partial charge in [0, 0.05) is 19.1 Å². The van der Waals surface area contributed by atoms with Crippen LogP contribution in [-0.2, 0) is 7.05 Å². The fourth-order valence-electron chi connectivity index (χ4n) is 4.37. The van der Waals surface area contributed by atoms with Crippen molar-refractivity contribution in [1.29, 1.82) is 0 Å². The maximum Gasteiger partial charge on any atom is 0.226 e. The Morgan fingerprint density at radius 3 is 2.62 bits per heavy atom. The van der Waals surface area contributed by atoms with Crippen molar-refractivity contribution in [3.05, 3.63) is 6.20 Å². The summed E-state index contributed by atoms with van der Waals surface area (Å²) in [5, 5.41) is 8.52. The van der Waals surface area contributed by atoms with E-state index in [1.165, 1.54) is 58.0 Å². The number of nitrogens with two attached hydrogens (primary N) is 1. The van der Waals surface area contributed by atoms with E-state index in [4.69, 9.17) is 5.73 Å². The molecule has 1 aliphatic carbocycles. The van der Waals surface area contributed by atoms with Gasteiger partial charge in [-0.05, 0) is 38.8 Å². The lowest BCUT2D eigenvalue weighted by molar-refractivity contribution is 0.0807. The van der Waals surface area contributed by atoms with Crippen LogP contribution in [0.4, 0.5) is 11.8 Å². The van der Waals surface area contributed by atoms with Crippen LogP contribution >= 0.6 is 0 Å². The Bertz CT molecular complexity index is 711. The molecule has 0 spiro atoms. The smallest absolute Gasteiger partial charge is 0.226 e. The molecule has 1 saturated heterocycles. The first-order valence-electron chi connectivity index (χ1n) is 9.12. The summed E-state index contributed by atoms with van der Waals surface area (Å²) in [5.41, 5.74) is 7.12. The average Bonchev–Trinajstić information content (AvgIpc) is 3.23. The SMILES string of the molecule is Cn1ncc2c(N)nc(NCC3(N4CCCCC4)CCCC3)nc21.